The number of benzene rings is 3. The van der Waals surface area contributed by atoms with E-state index in [0.29, 0.717) is 70.6 Å². The monoisotopic (exact) mass is 720 g/mol. The van der Waals surface area contributed by atoms with E-state index < -0.39 is 0 Å². The lowest BCUT2D eigenvalue weighted by Crippen LogP contribution is -2.44. The molecule has 0 spiro atoms. The molecule has 9 rings (SSSR count). The molecule has 6 heterocycles. The van der Waals surface area contributed by atoms with Gasteiger partial charge in [0.05, 0.1) is 53.1 Å². The Balaban J connectivity index is 0.00000413. The molecule has 2 atom stereocenters. The topological polar surface area (TPSA) is 119 Å². The van der Waals surface area contributed by atoms with Gasteiger partial charge in [-0.1, -0.05) is 43.8 Å². The lowest BCUT2D eigenvalue weighted by molar-refractivity contribution is 0.0695. The highest BCUT2D eigenvalue weighted by Crippen LogP contribution is 2.39. The third-order valence-corrected chi connectivity index (χ3v) is 10.4. The number of aliphatic imine (C=N–C) groups is 2. The molecule has 0 N–H and O–H groups in total. The van der Waals surface area contributed by atoms with Crippen LogP contribution in [0.1, 0.15) is 67.5 Å². The van der Waals surface area contributed by atoms with Gasteiger partial charge in [-0.15, -0.1) is 0 Å². The van der Waals surface area contributed by atoms with E-state index in [1.165, 1.54) is 5.56 Å². The highest BCUT2D eigenvalue weighted by atomic mass is 16.5. The number of ether oxygens (including phenoxy) is 3. The number of hydrogen-bond acceptors (Lipinski definition) is 9. The number of carbonyl (C=O) groups is 2. The van der Waals surface area contributed by atoms with Crippen molar-refractivity contribution in [2.24, 2.45) is 9.98 Å². The number of pyridine rings is 2. The molecule has 3 aromatic carbocycles. The van der Waals surface area contributed by atoms with Crippen molar-refractivity contribution >= 4 is 35.6 Å². The van der Waals surface area contributed by atoms with Gasteiger partial charge in [-0.3, -0.25) is 29.5 Å². The summed E-state index contributed by atoms with van der Waals surface area (Å²) in [5.74, 6) is 1.41. The number of carbonyl (C=O) groups excluding carboxylic acids is 2. The van der Waals surface area contributed by atoms with Gasteiger partial charge >= 0.3 is 0 Å². The predicted molar refractivity (Wildman–Crippen MR) is 206 cm³/mol. The largest absolute Gasteiger partial charge is 0.493 e. The molecular weight excluding hydrogens is 681 g/mol. The third kappa shape index (κ3) is 6.35. The van der Waals surface area contributed by atoms with Gasteiger partial charge in [0.15, 0.2) is 11.5 Å². The maximum atomic E-state index is 13.8. The number of aromatic nitrogens is 2. The van der Waals surface area contributed by atoms with E-state index in [1.807, 2.05) is 83.8 Å². The number of rotatable bonds is 7. The van der Waals surface area contributed by atoms with Gasteiger partial charge in [-0.25, -0.2) is 0 Å². The molecule has 0 unspecified atom stereocenters. The highest BCUT2D eigenvalue weighted by molar-refractivity contribution is 6.04. The van der Waals surface area contributed by atoms with Crippen LogP contribution in [-0.2, 0) is 39.1 Å². The van der Waals surface area contributed by atoms with Gasteiger partial charge in [0.25, 0.3) is 11.8 Å². The number of amides is 2. The van der Waals surface area contributed by atoms with Crippen LogP contribution in [0.4, 0.5) is 11.4 Å². The molecule has 4 aliphatic rings. The summed E-state index contributed by atoms with van der Waals surface area (Å²) in [7, 11) is 1.56. The first-order chi connectivity index (χ1) is 25.9. The molecule has 0 fully saturated rings. The molecule has 11 nitrogen and oxygen atoms in total. The van der Waals surface area contributed by atoms with Gasteiger partial charge in [0.1, 0.15) is 19.0 Å². The van der Waals surface area contributed by atoms with Crippen molar-refractivity contribution in [2.75, 3.05) is 7.11 Å². The summed E-state index contributed by atoms with van der Waals surface area (Å²) in [6.45, 7) is 3.34. The van der Waals surface area contributed by atoms with E-state index in [-0.39, 0.29) is 44.5 Å². The fourth-order valence-electron chi connectivity index (χ4n) is 7.51. The zero-order valence-corrected chi connectivity index (χ0v) is 29.4. The first-order valence-electron chi connectivity index (χ1n) is 17.7. The quantitative estimate of drug-likeness (QED) is 0.175. The van der Waals surface area contributed by atoms with Crippen molar-refractivity contribution in [3.8, 4) is 17.2 Å². The minimum atomic E-state index is -0.155. The van der Waals surface area contributed by atoms with Crippen LogP contribution in [0.25, 0.3) is 0 Å². The predicted octanol–water partition coefficient (Wildman–Crippen LogP) is 7.15. The summed E-state index contributed by atoms with van der Waals surface area (Å²) in [6, 6.07) is 24.7. The van der Waals surface area contributed by atoms with Crippen molar-refractivity contribution in [3.05, 3.63) is 136 Å². The number of methoxy groups -OCH3 is 1. The van der Waals surface area contributed by atoms with Crippen LogP contribution >= 0.6 is 0 Å². The van der Waals surface area contributed by atoms with E-state index in [4.69, 9.17) is 29.2 Å². The van der Waals surface area contributed by atoms with Gasteiger partial charge in [0.2, 0.25) is 0 Å². The van der Waals surface area contributed by atoms with Crippen molar-refractivity contribution in [2.45, 2.75) is 65.6 Å². The fraction of sp³-hybridized carbons (Fsp3) is 0.256. The first kappa shape index (κ1) is 34.7. The minimum Gasteiger partial charge on any atom is -0.493 e. The Bertz CT molecular complexity index is 2360. The number of fused-ring (bicyclic) bond motifs is 6. The second-order valence-corrected chi connectivity index (χ2v) is 13.7. The average molecular weight is 721 g/mol. The minimum absolute atomic E-state index is 0. The average Bonchev–Trinajstić information content (AvgIpc) is 3.40. The summed E-state index contributed by atoms with van der Waals surface area (Å²) < 4.78 is 18.1. The van der Waals surface area contributed by atoms with E-state index in [9.17, 15) is 9.59 Å². The van der Waals surface area contributed by atoms with Gasteiger partial charge in [-0.05, 0) is 65.9 Å². The normalized spacial score (nSPS) is 17.7. The Morgan fingerprint density at radius 1 is 0.685 bits per heavy atom. The van der Waals surface area contributed by atoms with Crippen LogP contribution in [-0.4, -0.2) is 63.2 Å². The van der Waals surface area contributed by atoms with Gasteiger partial charge < -0.3 is 24.0 Å². The SMILES string of the molecule is C.COc1cc2c(cc1OCc1cccc(COc3cc4c(cc3C)C(=O)N3Cc5cccnc5C[C@@H]3C=N4)n1)N=C[C@@H]1Cc3ccccc3CN1C2=O. The molecule has 272 valence electrons. The molecular formula is C43H40N6O5. The molecule has 0 saturated heterocycles. The Labute approximate surface area is 314 Å². The van der Waals surface area contributed by atoms with Crippen LogP contribution in [0.2, 0.25) is 0 Å². The Morgan fingerprint density at radius 3 is 2.02 bits per heavy atom. The third-order valence-electron chi connectivity index (χ3n) is 10.4. The molecule has 2 amide bonds. The standard InChI is InChI=1S/C42H36N6O5.CH4/c1-25-13-33-36(45-20-32-15-35-28(9-6-12-43-35)22-48(32)41(33)49)17-38(25)52-23-29-10-5-11-30(46-29)24-53-40-18-37-34(16-39(40)51-2)42(50)47-21-27-8-4-3-7-26(27)14-31(47)19-44-37;/h3-13,16-20,31-32H,14-15,21-24H2,1-2H3;1H4/t31-,32+;/m0./s1. The number of aryl methyl sites for hydroxylation is 1. The maximum absolute atomic E-state index is 13.8. The van der Waals surface area contributed by atoms with E-state index in [2.05, 4.69) is 17.1 Å². The molecule has 0 radical (unpaired) electrons. The Hall–Kier alpha value is -6.36. The molecule has 2 aromatic heterocycles. The van der Waals surface area contributed by atoms with E-state index >= 15 is 0 Å². The smallest absolute Gasteiger partial charge is 0.257 e. The van der Waals surface area contributed by atoms with Crippen molar-refractivity contribution in [1.29, 1.82) is 0 Å². The van der Waals surface area contributed by atoms with Crippen molar-refractivity contribution in [1.82, 2.24) is 19.8 Å². The number of nitrogens with zero attached hydrogens (tertiary/aromatic N) is 6. The van der Waals surface area contributed by atoms with Crippen LogP contribution in [0, 0.1) is 6.92 Å². The van der Waals surface area contributed by atoms with E-state index in [1.54, 1.807) is 25.4 Å². The van der Waals surface area contributed by atoms with Crippen molar-refractivity contribution < 1.29 is 23.8 Å². The Morgan fingerprint density at radius 2 is 1.30 bits per heavy atom. The highest BCUT2D eigenvalue weighted by Gasteiger charge is 2.35. The lowest BCUT2D eigenvalue weighted by atomic mass is 9.94. The Kier molecular flexibility index (Phi) is 9.14. The molecule has 0 aliphatic carbocycles. The number of hydrogen-bond donors (Lipinski definition) is 0. The molecule has 0 bridgehead atoms. The summed E-state index contributed by atoms with van der Waals surface area (Å²) in [4.78, 5) is 49.9. The summed E-state index contributed by atoms with van der Waals surface area (Å²) >= 11 is 0. The molecule has 54 heavy (non-hydrogen) atoms. The van der Waals surface area contributed by atoms with Crippen LogP contribution in [0.15, 0.2) is 95.0 Å². The molecule has 11 heteroatoms. The second-order valence-electron chi connectivity index (χ2n) is 13.7. The first-order valence-corrected chi connectivity index (χ1v) is 17.7. The van der Waals surface area contributed by atoms with Crippen LogP contribution in [0.3, 0.4) is 0 Å². The summed E-state index contributed by atoms with van der Waals surface area (Å²) in [5.41, 5.74) is 8.86. The van der Waals surface area contributed by atoms with Gasteiger partial charge in [-0.2, -0.15) is 0 Å². The molecule has 0 saturated carbocycles. The zero-order valence-electron chi connectivity index (χ0n) is 29.4. The summed E-state index contributed by atoms with van der Waals surface area (Å²) in [6.07, 6.45) is 6.85. The fourth-order valence-corrected chi connectivity index (χ4v) is 7.51. The molecule has 4 aliphatic heterocycles. The van der Waals surface area contributed by atoms with Gasteiger partial charge in [0, 0.05) is 56.0 Å². The maximum Gasteiger partial charge on any atom is 0.257 e. The van der Waals surface area contributed by atoms with Crippen LogP contribution < -0.4 is 14.2 Å². The second kappa shape index (κ2) is 14.2. The lowest BCUT2D eigenvalue weighted by Gasteiger charge is -2.34. The van der Waals surface area contributed by atoms with Crippen LogP contribution in [0.5, 0.6) is 17.2 Å². The zero-order chi connectivity index (χ0) is 36.1. The van der Waals surface area contributed by atoms with Crippen molar-refractivity contribution in [3.63, 3.8) is 0 Å². The van der Waals surface area contributed by atoms with E-state index in [0.717, 1.165) is 28.8 Å². The molecule has 5 aromatic rings. The summed E-state index contributed by atoms with van der Waals surface area (Å²) in [5, 5.41) is 0.